The summed E-state index contributed by atoms with van der Waals surface area (Å²) < 4.78 is 0. The lowest BCUT2D eigenvalue weighted by Gasteiger charge is -2.24. The standard InChI is InChI=1S/C15H24N2O/c1-6-17(10-11(2)3)13-7-8-14(12(4)16-5)15(18)9-13/h7-9,12,16,18H,2,6,10H2,1,3-5H3. The van der Waals surface area contributed by atoms with Crippen molar-refractivity contribution < 1.29 is 5.11 Å². The minimum absolute atomic E-state index is 0.148. The SMILES string of the molecule is C=C(C)CN(CC)c1ccc(C(C)NC)c(O)c1. The van der Waals surface area contributed by atoms with Gasteiger partial charge >= 0.3 is 0 Å². The van der Waals surface area contributed by atoms with Crippen molar-refractivity contribution in [2.75, 3.05) is 25.0 Å². The molecule has 3 heteroatoms. The molecule has 0 aromatic heterocycles. The summed E-state index contributed by atoms with van der Waals surface area (Å²) in [4.78, 5) is 2.19. The Hall–Kier alpha value is -1.48. The van der Waals surface area contributed by atoms with Gasteiger partial charge in [0, 0.05) is 36.4 Å². The quantitative estimate of drug-likeness (QED) is 0.759. The molecule has 1 rings (SSSR count). The van der Waals surface area contributed by atoms with Gasteiger partial charge in [0.1, 0.15) is 5.75 Å². The summed E-state index contributed by atoms with van der Waals surface area (Å²) >= 11 is 0. The van der Waals surface area contributed by atoms with Crippen molar-refractivity contribution in [1.82, 2.24) is 5.32 Å². The van der Waals surface area contributed by atoms with Gasteiger partial charge in [0.2, 0.25) is 0 Å². The molecule has 0 saturated carbocycles. The second kappa shape index (κ2) is 6.45. The first-order valence-electron chi connectivity index (χ1n) is 6.39. The number of aromatic hydroxyl groups is 1. The number of phenolic OH excluding ortho intramolecular Hbond substituents is 1. The van der Waals surface area contributed by atoms with E-state index in [2.05, 4.69) is 29.8 Å². The summed E-state index contributed by atoms with van der Waals surface area (Å²) in [6, 6.07) is 6.01. The van der Waals surface area contributed by atoms with E-state index in [1.807, 2.05) is 33.0 Å². The van der Waals surface area contributed by atoms with Crippen LogP contribution in [0.2, 0.25) is 0 Å². The fourth-order valence-electron chi connectivity index (χ4n) is 1.96. The van der Waals surface area contributed by atoms with Crippen LogP contribution in [0, 0.1) is 0 Å². The molecule has 0 heterocycles. The molecule has 100 valence electrons. The van der Waals surface area contributed by atoms with Crippen molar-refractivity contribution in [2.45, 2.75) is 26.8 Å². The molecule has 2 N–H and O–H groups in total. The molecule has 0 saturated heterocycles. The number of anilines is 1. The van der Waals surface area contributed by atoms with Crippen LogP contribution in [0.25, 0.3) is 0 Å². The van der Waals surface area contributed by atoms with E-state index in [0.717, 1.165) is 29.9 Å². The van der Waals surface area contributed by atoms with E-state index in [1.165, 1.54) is 0 Å². The summed E-state index contributed by atoms with van der Waals surface area (Å²) in [7, 11) is 1.89. The lowest BCUT2D eigenvalue weighted by molar-refractivity contribution is 0.458. The van der Waals surface area contributed by atoms with E-state index >= 15 is 0 Å². The highest BCUT2D eigenvalue weighted by Gasteiger charge is 2.11. The van der Waals surface area contributed by atoms with Gasteiger partial charge in [-0.3, -0.25) is 0 Å². The molecule has 0 bridgehead atoms. The Morgan fingerprint density at radius 3 is 2.61 bits per heavy atom. The van der Waals surface area contributed by atoms with Gasteiger partial charge in [-0.05, 0) is 33.9 Å². The zero-order valence-corrected chi connectivity index (χ0v) is 11.8. The van der Waals surface area contributed by atoms with Gasteiger partial charge < -0.3 is 15.3 Å². The first-order valence-corrected chi connectivity index (χ1v) is 6.39. The smallest absolute Gasteiger partial charge is 0.122 e. The summed E-state index contributed by atoms with van der Waals surface area (Å²) in [5, 5.41) is 13.2. The second-order valence-corrected chi connectivity index (χ2v) is 4.72. The van der Waals surface area contributed by atoms with Crippen LogP contribution >= 0.6 is 0 Å². The average Bonchev–Trinajstić information content (AvgIpc) is 2.34. The maximum atomic E-state index is 10.1. The minimum atomic E-state index is 0.148. The fourth-order valence-corrected chi connectivity index (χ4v) is 1.96. The molecule has 0 aliphatic heterocycles. The van der Waals surface area contributed by atoms with E-state index in [-0.39, 0.29) is 6.04 Å². The normalized spacial score (nSPS) is 12.2. The van der Waals surface area contributed by atoms with E-state index in [0.29, 0.717) is 5.75 Å². The Kier molecular flexibility index (Phi) is 5.23. The molecule has 3 nitrogen and oxygen atoms in total. The van der Waals surface area contributed by atoms with Gasteiger partial charge in [0.15, 0.2) is 0 Å². The molecule has 18 heavy (non-hydrogen) atoms. The number of hydrogen-bond donors (Lipinski definition) is 2. The van der Waals surface area contributed by atoms with E-state index in [4.69, 9.17) is 0 Å². The Morgan fingerprint density at radius 2 is 2.17 bits per heavy atom. The Balaban J connectivity index is 2.98. The predicted molar refractivity (Wildman–Crippen MR) is 78.3 cm³/mol. The number of hydrogen-bond acceptors (Lipinski definition) is 3. The van der Waals surface area contributed by atoms with Gasteiger partial charge in [0.25, 0.3) is 0 Å². The van der Waals surface area contributed by atoms with Crippen molar-refractivity contribution in [3.63, 3.8) is 0 Å². The van der Waals surface area contributed by atoms with Gasteiger partial charge in [-0.15, -0.1) is 0 Å². The Morgan fingerprint density at radius 1 is 1.50 bits per heavy atom. The second-order valence-electron chi connectivity index (χ2n) is 4.72. The highest BCUT2D eigenvalue weighted by Crippen LogP contribution is 2.29. The third-order valence-corrected chi connectivity index (χ3v) is 3.12. The lowest BCUT2D eigenvalue weighted by Crippen LogP contribution is -2.24. The molecule has 0 aliphatic carbocycles. The van der Waals surface area contributed by atoms with Gasteiger partial charge in [0.05, 0.1) is 0 Å². The Bertz CT molecular complexity index is 415. The Labute approximate surface area is 110 Å². The monoisotopic (exact) mass is 248 g/mol. The van der Waals surface area contributed by atoms with Crippen LogP contribution in [0.15, 0.2) is 30.4 Å². The van der Waals surface area contributed by atoms with E-state index in [1.54, 1.807) is 0 Å². The van der Waals surface area contributed by atoms with Crippen molar-refractivity contribution in [3.8, 4) is 5.75 Å². The minimum Gasteiger partial charge on any atom is -0.508 e. The van der Waals surface area contributed by atoms with Crippen LogP contribution < -0.4 is 10.2 Å². The third-order valence-electron chi connectivity index (χ3n) is 3.12. The number of phenols is 1. The van der Waals surface area contributed by atoms with E-state index < -0.39 is 0 Å². The van der Waals surface area contributed by atoms with Crippen LogP contribution in [0.4, 0.5) is 5.69 Å². The van der Waals surface area contributed by atoms with Crippen molar-refractivity contribution in [1.29, 1.82) is 0 Å². The highest BCUT2D eigenvalue weighted by atomic mass is 16.3. The van der Waals surface area contributed by atoms with Crippen LogP contribution in [0.1, 0.15) is 32.4 Å². The zero-order valence-electron chi connectivity index (χ0n) is 11.8. The summed E-state index contributed by atoms with van der Waals surface area (Å²) in [5.74, 6) is 0.342. The molecule has 1 aromatic carbocycles. The summed E-state index contributed by atoms with van der Waals surface area (Å²) in [6.07, 6.45) is 0. The first-order chi connectivity index (χ1) is 8.49. The molecule has 0 radical (unpaired) electrons. The number of benzene rings is 1. The average molecular weight is 248 g/mol. The van der Waals surface area contributed by atoms with Crippen LogP contribution in [0.3, 0.4) is 0 Å². The highest BCUT2D eigenvalue weighted by molar-refractivity contribution is 5.54. The molecule has 0 fully saturated rings. The van der Waals surface area contributed by atoms with Gasteiger partial charge in [-0.1, -0.05) is 18.2 Å². The van der Waals surface area contributed by atoms with Gasteiger partial charge in [-0.25, -0.2) is 0 Å². The van der Waals surface area contributed by atoms with Gasteiger partial charge in [-0.2, -0.15) is 0 Å². The summed E-state index contributed by atoms with van der Waals surface area (Å²) in [5.41, 5.74) is 3.07. The van der Waals surface area contributed by atoms with Crippen LogP contribution in [0.5, 0.6) is 5.75 Å². The van der Waals surface area contributed by atoms with Crippen molar-refractivity contribution >= 4 is 5.69 Å². The molecule has 1 atom stereocenters. The molecule has 1 unspecified atom stereocenters. The zero-order chi connectivity index (χ0) is 13.7. The number of nitrogens with one attached hydrogen (secondary N) is 1. The molecular weight excluding hydrogens is 224 g/mol. The molecule has 0 aliphatic rings. The molecule has 0 amide bonds. The van der Waals surface area contributed by atoms with Crippen LogP contribution in [-0.4, -0.2) is 25.2 Å². The molecule has 0 spiro atoms. The largest absolute Gasteiger partial charge is 0.508 e. The molecule has 1 aromatic rings. The van der Waals surface area contributed by atoms with Crippen molar-refractivity contribution in [2.24, 2.45) is 0 Å². The van der Waals surface area contributed by atoms with Crippen LogP contribution in [-0.2, 0) is 0 Å². The lowest BCUT2D eigenvalue weighted by atomic mass is 10.1. The molecular formula is C15H24N2O. The third kappa shape index (κ3) is 3.50. The number of nitrogens with zero attached hydrogens (tertiary/aromatic N) is 1. The topological polar surface area (TPSA) is 35.5 Å². The maximum absolute atomic E-state index is 10.1. The first kappa shape index (κ1) is 14.6. The fraction of sp³-hybridized carbons (Fsp3) is 0.467. The van der Waals surface area contributed by atoms with E-state index in [9.17, 15) is 5.11 Å². The predicted octanol–water partition coefficient (Wildman–Crippen LogP) is 3.08. The number of rotatable bonds is 6. The van der Waals surface area contributed by atoms with Crippen molar-refractivity contribution in [3.05, 3.63) is 35.9 Å². The number of likely N-dealkylation sites (N-methyl/N-ethyl adjacent to an activating group) is 1. The summed E-state index contributed by atoms with van der Waals surface area (Å²) in [6.45, 7) is 11.8. The maximum Gasteiger partial charge on any atom is 0.122 e.